The van der Waals surface area contributed by atoms with Gasteiger partial charge in [0.15, 0.2) is 0 Å². The van der Waals surface area contributed by atoms with Crippen LogP contribution in [0.1, 0.15) is 50.3 Å². The fourth-order valence-corrected chi connectivity index (χ4v) is 3.86. The average Bonchev–Trinajstić information content (AvgIpc) is 2.66. The summed E-state index contributed by atoms with van der Waals surface area (Å²) in [4.78, 5) is 19.4. The molecular weight excluding hydrogens is 312 g/mol. The number of nitrogens with zero attached hydrogens (tertiary/aromatic N) is 2. The van der Waals surface area contributed by atoms with E-state index in [1.54, 1.807) is 0 Å². The Morgan fingerprint density at radius 3 is 3.20 bits per heavy atom. The molecule has 2 aliphatic rings. The number of likely N-dealkylation sites (tertiary alicyclic amines) is 1. The Balaban J connectivity index is 1.43. The van der Waals surface area contributed by atoms with Crippen LogP contribution < -0.4 is 10.6 Å². The van der Waals surface area contributed by atoms with Crippen molar-refractivity contribution >= 4 is 11.7 Å². The highest BCUT2D eigenvalue weighted by molar-refractivity contribution is 5.78. The van der Waals surface area contributed by atoms with E-state index in [1.807, 2.05) is 0 Å². The Bertz CT molecular complexity index is 575. The molecule has 1 saturated heterocycles. The summed E-state index contributed by atoms with van der Waals surface area (Å²) >= 11 is 0. The second-order valence-electron chi connectivity index (χ2n) is 7.37. The van der Waals surface area contributed by atoms with Crippen molar-refractivity contribution in [3.63, 3.8) is 0 Å². The number of nitrogens with one attached hydrogen (secondary N) is 2. The van der Waals surface area contributed by atoms with Crippen molar-refractivity contribution in [3.8, 4) is 0 Å². The number of pyridine rings is 1. The summed E-state index contributed by atoms with van der Waals surface area (Å²) in [5.41, 5.74) is 2.54. The molecule has 0 aromatic carbocycles. The molecule has 1 aromatic heterocycles. The number of anilines is 1. The minimum atomic E-state index is 0.173. The summed E-state index contributed by atoms with van der Waals surface area (Å²) in [5, 5.41) is 6.46. The minimum Gasteiger partial charge on any atom is -0.370 e. The molecule has 0 saturated carbocycles. The molecule has 0 aliphatic carbocycles. The van der Waals surface area contributed by atoms with Crippen molar-refractivity contribution in [2.75, 3.05) is 38.0 Å². The summed E-state index contributed by atoms with van der Waals surface area (Å²) in [6, 6.07) is 4.42. The third-order valence-corrected chi connectivity index (χ3v) is 5.28. The molecule has 2 aliphatic heterocycles. The van der Waals surface area contributed by atoms with Crippen LogP contribution in [0.15, 0.2) is 12.1 Å². The number of carbonyl (C=O) groups excluding carboxylic acids is 1. The molecule has 0 bridgehead atoms. The van der Waals surface area contributed by atoms with E-state index >= 15 is 0 Å². The van der Waals surface area contributed by atoms with Gasteiger partial charge in [-0.05, 0) is 69.7 Å². The van der Waals surface area contributed by atoms with Crippen LogP contribution in [0.2, 0.25) is 0 Å². The number of hydrogen-bond acceptors (Lipinski definition) is 4. The fourth-order valence-electron chi connectivity index (χ4n) is 3.86. The maximum absolute atomic E-state index is 12.2. The number of rotatable bonds is 7. The Kier molecular flexibility index (Phi) is 6.68. The van der Waals surface area contributed by atoms with Crippen LogP contribution in [-0.4, -0.2) is 48.5 Å². The van der Waals surface area contributed by atoms with Gasteiger partial charge in [-0.2, -0.15) is 0 Å². The molecule has 5 heteroatoms. The fraction of sp³-hybridized carbons (Fsp3) is 0.700. The second-order valence-corrected chi connectivity index (χ2v) is 7.37. The van der Waals surface area contributed by atoms with Crippen LogP contribution in [0.3, 0.4) is 0 Å². The molecule has 138 valence electrons. The Morgan fingerprint density at radius 2 is 2.32 bits per heavy atom. The van der Waals surface area contributed by atoms with Crippen LogP contribution in [-0.2, 0) is 17.6 Å². The van der Waals surface area contributed by atoms with Crippen LogP contribution in [0.4, 0.5) is 5.82 Å². The largest absolute Gasteiger partial charge is 0.370 e. The monoisotopic (exact) mass is 344 g/mol. The highest BCUT2D eigenvalue weighted by Gasteiger charge is 2.25. The molecule has 1 atom stereocenters. The summed E-state index contributed by atoms with van der Waals surface area (Å²) in [6.45, 7) is 7.03. The highest BCUT2D eigenvalue weighted by Crippen LogP contribution is 2.21. The van der Waals surface area contributed by atoms with Crippen molar-refractivity contribution in [3.05, 3.63) is 23.4 Å². The topological polar surface area (TPSA) is 57.3 Å². The first-order valence-electron chi connectivity index (χ1n) is 9.99. The first-order valence-corrected chi connectivity index (χ1v) is 9.99. The molecule has 3 rings (SSSR count). The summed E-state index contributed by atoms with van der Waals surface area (Å²) in [5.74, 6) is 1.51. The molecule has 2 N–H and O–H groups in total. The van der Waals surface area contributed by atoms with E-state index in [9.17, 15) is 4.79 Å². The lowest BCUT2D eigenvalue weighted by molar-refractivity contribution is -0.126. The molecule has 5 nitrogen and oxygen atoms in total. The molecular formula is C20H32N4O. The molecule has 0 spiro atoms. The molecule has 1 unspecified atom stereocenters. The smallest absolute Gasteiger partial charge is 0.224 e. The third-order valence-electron chi connectivity index (χ3n) is 5.28. The van der Waals surface area contributed by atoms with Gasteiger partial charge in [0, 0.05) is 25.3 Å². The minimum absolute atomic E-state index is 0.173. The lowest BCUT2D eigenvalue weighted by atomic mass is 9.97. The molecule has 3 heterocycles. The first kappa shape index (κ1) is 18.2. The van der Waals surface area contributed by atoms with Crippen LogP contribution in [0.5, 0.6) is 0 Å². The molecule has 0 radical (unpaired) electrons. The van der Waals surface area contributed by atoms with Gasteiger partial charge in [0.25, 0.3) is 0 Å². The predicted octanol–water partition coefficient (Wildman–Crippen LogP) is 2.61. The third kappa shape index (κ3) is 5.18. The summed E-state index contributed by atoms with van der Waals surface area (Å²) < 4.78 is 0. The molecule has 1 aromatic rings. The van der Waals surface area contributed by atoms with Gasteiger partial charge in [-0.1, -0.05) is 13.0 Å². The maximum atomic E-state index is 12.2. The maximum Gasteiger partial charge on any atom is 0.224 e. The van der Waals surface area contributed by atoms with Gasteiger partial charge in [-0.15, -0.1) is 0 Å². The van der Waals surface area contributed by atoms with E-state index in [1.165, 1.54) is 17.7 Å². The standard InChI is InChI=1S/C20H32N4O/c1-2-11-22-20(25)17-7-4-13-24(15-17)14-5-8-18-10-9-16-6-3-12-21-19(16)23-18/h9-10,17H,2-8,11-15H2,1H3,(H,21,23)(H,22,25). The Hall–Kier alpha value is -1.62. The SMILES string of the molecule is CCCNC(=O)C1CCCN(CCCc2ccc3c(n2)NCCC3)C1. The van der Waals surface area contributed by atoms with E-state index in [0.717, 1.165) is 77.1 Å². The van der Waals surface area contributed by atoms with Crippen molar-refractivity contribution in [1.82, 2.24) is 15.2 Å². The zero-order valence-electron chi connectivity index (χ0n) is 15.5. The number of carbonyl (C=O) groups is 1. The number of fused-ring (bicyclic) bond motifs is 1. The second kappa shape index (κ2) is 9.18. The van der Waals surface area contributed by atoms with Crippen LogP contribution in [0, 0.1) is 5.92 Å². The normalized spacial score (nSPS) is 20.6. The number of hydrogen-bond donors (Lipinski definition) is 2. The van der Waals surface area contributed by atoms with Crippen molar-refractivity contribution < 1.29 is 4.79 Å². The van der Waals surface area contributed by atoms with Gasteiger partial charge in [-0.3, -0.25) is 4.79 Å². The molecule has 25 heavy (non-hydrogen) atoms. The Labute approximate surface area is 151 Å². The van der Waals surface area contributed by atoms with Crippen molar-refractivity contribution in [2.24, 2.45) is 5.92 Å². The number of amides is 1. The van der Waals surface area contributed by atoms with E-state index in [-0.39, 0.29) is 11.8 Å². The van der Waals surface area contributed by atoms with Crippen molar-refractivity contribution in [2.45, 2.75) is 51.9 Å². The van der Waals surface area contributed by atoms with E-state index in [4.69, 9.17) is 4.98 Å². The molecule has 1 amide bonds. The number of piperidine rings is 1. The summed E-state index contributed by atoms with van der Waals surface area (Å²) in [6.07, 6.45) is 7.63. The van der Waals surface area contributed by atoms with Gasteiger partial charge < -0.3 is 15.5 Å². The van der Waals surface area contributed by atoms with Crippen LogP contribution in [0.25, 0.3) is 0 Å². The van der Waals surface area contributed by atoms with E-state index in [0.29, 0.717) is 0 Å². The zero-order valence-corrected chi connectivity index (χ0v) is 15.5. The number of aromatic nitrogens is 1. The average molecular weight is 345 g/mol. The van der Waals surface area contributed by atoms with Crippen molar-refractivity contribution in [1.29, 1.82) is 0 Å². The van der Waals surface area contributed by atoms with Gasteiger partial charge >= 0.3 is 0 Å². The first-order chi connectivity index (χ1) is 12.3. The highest BCUT2D eigenvalue weighted by atomic mass is 16.1. The Morgan fingerprint density at radius 1 is 1.40 bits per heavy atom. The van der Waals surface area contributed by atoms with E-state index in [2.05, 4.69) is 34.6 Å². The van der Waals surface area contributed by atoms with E-state index < -0.39 is 0 Å². The van der Waals surface area contributed by atoms with Crippen LogP contribution >= 0.6 is 0 Å². The van der Waals surface area contributed by atoms with Gasteiger partial charge in [0.1, 0.15) is 5.82 Å². The quantitative estimate of drug-likeness (QED) is 0.798. The lowest BCUT2D eigenvalue weighted by Crippen LogP contribution is -2.43. The number of aryl methyl sites for hydroxylation is 2. The molecule has 1 fully saturated rings. The zero-order chi connectivity index (χ0) is 17.5. The summed E-state index contributed by atoms with van der Waals surface area (Å²) in [7, 11) is 0. The lowest BCUT2D eigenvalue weighted by Gasteiger charge is -2.32. The predicted molar refractivity (Wildman–Crippen MR) is 102 cm³/mol. The van der Waals surface area contributed by atoms with Gasteiger partial charge in [-0.25, -0.2) is 4.98 Å². The van der Waals surface area contributed by atoms with Gasteiger partial charge in [0.2, 0.25) is 5.91 Å². The van der Waals surface area contributed by atoms with Gasteiger partial charge in [0.05, 0.1) is 5.92 Å².